The molecule has 0 saturated carbocycles. The molecule has 4 aromatic rings. The van der Waals surface area contributed by atoms with Crippen molar-refractivity contribution in [1.82, 2.24) is 19.8 Å². The Hall–Kier alpha value is -4.27. The number of hydrogen-bond donors (Lipinski definition) is 3. The first kappa shape index (κ1) is 26.3. The standard InChI is InChI=1S/C16H16N2O3.C15H16N2O/c19-15-12-6-7-18(9-11-4-2-1-3-5-11)10-14(12)17-8-13(15)16(20)21;18-15-6-8-16-14-11-17(9-7-13(14)15)10-12-4-2-1-3-5-12/h1-5,8H,6-7,9-10H2,(H,17,19)(H,20,21);1-6,8H,7,9-11H2,(H,16,18). The maximum atomic E-state index is 12.1. The zero-order valence-electron chi connectivity index (χ0n) is 21.7. The molecule has 0 spiro atoms. The van der Waals surface area contributed by atoms with E-state index >= 15 is 0 Å². The SMILES string of the molecule is O=C(O)c1c[nH]c2c(c1=O)CCN(Cc1ccccc1)C2.O=c1cc[nH]c2c1CCN(Cc1ccccc1)C2. The Morgan fingerprint density at radius 2 is 1.28 bits per heavy atom. The number of nitrogens with zero attached hydrogens (tertiary/aromatic N) is 2. The van der Waals surface area contributed by atoms with Crippen molar-refractivity contribution in [3.63, 3.8) is 0 Å². The fourth-order valence-corrected chi connectivity index (χ4v) is 5.24. The molecular weight excluding hydrogens is 492 g/mol. The van der Waals surface area contributed by atoms with Crippen molar-refractivity contribution in [3.05, 3.63) is 139 Å². The molecule has 0 saturated heterocycles. The molecule has 6 rings (SSSR count). The van der Waals surface area contributed by atoms with Crippen molar-refractivity contribution in [2.24, 2.45) is 0 Å². The number of aromatic nitrogens is 2. The van der Waals surface area contributed by atoms with E-state index in [1.807, 2.05) is 24.3 Å². The summed E-state index contributed by atoms with van der Waals surface area (Å²) in [5.74, 6) is -1.18. The van der Waals surface area contributed by atoms with E-state index in [2.05, 4.69) is 56.2 Å². The minimum Gasteiger partial charge on any atom is -0.477 e. The van der Waals surface area contributed by atoms with E-state index < -0.39 is 5.97 Å². The number of H-pyrrole nitrogens is 2. The average Bonchev–Trinajstić information content (AvgIpc) is 2.95. The number of benzene rings is 2. The van der Waals surface area contributed by atoms with Crippen LogP contribution in [0.1, 0.15) is 44.0 Å². The zero-order valence-corrected chi connectivity index (χ0v) is 21.7. The molecule has 0 bridgehead atoms. The molecule has 3 N–H and O–H groups in total. The Bertz CT molecular complexity index is 1550. The van der Waals surface area contributed by atoms with Crippen LogP contribution < -0.4 is 10.9 Å². The average molecular weight is 525 g/mol. The second-order valence-electron chi connectivity index (χ2n) is 9.99. The number of rotatable bonds is 5. The number of hydrogen-bond acceptors (Lipinski definition) is 5. The van der Waals surface area contributed by atoms with Crippen LogP contribution in [0.15, 0.2) is 88.7 Å². The smallest absolute Gasteiger partial charge is 0.341 e. The number of carbonyl (C=O) groups is 1. The highest BCUT2D eigenvalue weighted by Crippen LogP contribution is 2.17. The number of aromatic carboxylic acids is 1. The lowest BCUT2D eigenvalue weighted by molar-refractivity contribution is 0.0694. The lowest BCUT2D eigenvalue weighted by Crippen LogP contribution is -2.35. The van der Waals surface area contributed by atoms with Crippen LogP contribution in [-0.2, 0) is 39.0 Å². The summed E-state index contributed by atoms with van der Waals surface area (Å²) < 4.78 is 0. The van der Waals surface area contributed by atoms with Gasteiger partial charge in [-0.15, -0.1) is 0 Å². The van der Waals surface area contributed by atoms with Crippen LogP contribution in [0.25, 0.3) is 0 Å². The zero-order chi connectivity index (χ0) is 27.2. The van der Waals surface area contributed by atoms with Gasteiger partial charge in [0.15, 0.2) is 10.9 Å². The van der Waals surface area contributed by atoms with Gasteiger partial charge in [0.2, 0.25) is 0 Å². The van der Waals surface area contributed by atoms with Crippen LogP contribution in [0.4, 0.5) is 0 Å². The van der Waals surface area contributed by atoms with Gasteiger partial charge < -0.3 is 15.1 Å². The van der Waals surface area contributed by atoms with Crippen molar-refractivity contribution in [1.29, 1.82) is 0 Å². The molecule has 0 amide bonds. The molecule has 2 aliphatic rings. The molecule has 200 valence electrons. The lowest BCUT2D eigenvalue weighted by atomic mass is 10.0. The molecule has 4 heterocycles. The molecule has 0 unspecified atom stereocenters. The summed E-state index contributed by atoms with van der Waals surface area (Å²) in [5.41, 5.74) is 5.66. The van der Waals surface area contributed by atoms with Gasteiger partial charge in [-0.2, -0.15) is 0 Å². The third-order valence-corrected chi connectivity index (χ3v) is 7.28. The number of aromatic amines is 2. The van der Waals surface area contributed by atoms with Gasteiger partial charge in [-0.1, -0.05) is 60.7 Å². The van der Waals surface area contributed by atoms with E-state index in [0.717, 1.165) is 56.1 Å². The van der Waals surface area contributed by atoms with E-state index in [-0.39, 0.29) is 16.4 Å². The maximum Gasteiger partial charge on any atom is 0.341 e. The first-order valence-corrected chi connectivity index (χ1v) is 13.2. The second kappa shape index (κ2) is 12.1. The number of nitrogens with one attached hydrogen (secondary N) is 2. The van der Waals surface area contributed by atoms with Gasteiger partial charge in [0.1, 0.15) is 5.56 Å². The molecule has 2 aromatic carbocycles. The fourth-order valence-electron chi connectivity index (χ4n) is 5.24. The highest BCUT2D eigenvalue weighted by Gasteiger charge is 2.22. The summed E-state index contributed by atoms with van der Waals surface area (Å²) in [6, 6.07) is 22.2. The van der Waals surface area contributed by atoms with E-state index in [9.17, 15) is 14.4 Å². The normalized spacial score (nSPS) is 15.0. The van der Waals surface area contributed by atoms with Crippen molar-refractivity contribution >= 4 is 5.97 Å². The molecule has 0 fully saturated rings. The minimum atomic E-state index is -1.18. The van der Waals surface area contributed by atoms with Gasteiger partial charge in [-0.3, -0.25) is 19.4 Å². The third-order valence-electron chi connectivity index (χ3n) is 7.28. The topological polar surface area (TPSA) is 109 Å². The van der Waals surface area contributed by atoms with Gasteiger partial charge in [0.25, 0.3) is 0 Å². The van der Waals surface area contributed by atoms with Crippen LogP contribution in [0.3, 0.4) is 0 Å². The molecule has 2 aliphatic heterocycles. The van der Waals surface area contributed by atoms with E-state index in [4.69, 9.17) is 5.11 Å². The van der Waals surface area contributed by atoms with Gasteiger partial charge >= 0.3 is 5.97 Å². The third kappa shape index (κ3) is 6.42. The number of pyridine rings is 2. The molecule has 0 aliphatic carbocycles. The molecule has 39 heavy (non-hydrogen) atoms. The first-order valence-electron chi connectivity index (χ1n) is 13.2. The van der Waals surface area contributed by atoms with E-state index in [0.29, 0.717) is 18.5 Å². The number of fused-ring (bicyclic) bond motifs is 2. The molecule has 2 aromatic heterocycles. The van der Waals surface area contributed by atoms with Crippen LogP contribution in [-0.4, -0.2) is 43.9 Å². The molecule has 0 radical (unpaired) electrons. The van der Waals surface area contributed by atoms with Crippen LogP contribution >= 0.6 is 0 Å². The van der Waals surface area contributed by atoms with Crippen LogP contribution in [0.2, 0.25) is 0 Å². The Balaban J connectivity index is 0.000000160. The summed E-state index contributed by atoms with van der Waals surface area (Å²) in [5, 5.41) is 8.98. The summed E-state index contributed by atoms with van der Waals surface area (Å²) in [4.78, 5) is 45.6. The highest BCUT2D eigenvalue weighted by atomic mass is 16.4. The van der Waals surface area contributed by atoms with Gasteiger partial charge in [0.05, 0.1) is 0 Å². The predicted octanol–water partition coefficient (Wildman–Crippen LogP) is 3.56. The predicted molar refractivity (Wildman–Crippen MR) is 150 cm³/mol. The van der Waals surface area contributed by atoms with Gasteiger partial charge in [-0.25, -0.2) is 4.79 Å². The molecular formula is C31H32N4O4. The minimum absolute atomic E-state index is 0.170. The Morgan fingerprint density at radius 1 is 0.744 bits per heavy atom. The van der Waals surface area contributed by atoms with Crippen LogP contribution in [0.5, 0.6) is 0 Å². The lowest BCUT2D eigenvalue weighted by Gasteiger charge is -2.28. The Morgan fingerprint density at radius 3 is 1.85 bits per heavy atom. The second-order valence-corrected chi connectivity index (χ2v) is 9.99. The maximum absolute atomic E-state index is 12.1. The monoisotopic (exact) mass is 524 g/mol. The van der Waals surface area contributed by atoms with Crippen LogP contribution in [0, 0.1) is 0 Å². The summed E-state index contributed by atoms with van der Waals surface area (Å²) >= 11 is 0. The van der Waals surface area contributed by atoms with Crippen molar-refractivity contribution < 1.29 is 9.90 Å². The quantitative estimate of drug-likeness (QED) is 0.368. The first-order chi connectivity index (χ1) is 19.0. The van der Waals surface area contributed by atoms with Crippen molar-refractivity contribution in [2.45, 2.75) is 39.0 Å². The van der Waals surface area contributed by atoms with Crippen molar-refractivity contribution in [3.8, 4) is 0 Å². The van der Waals surface area contributed by atoms with Gasteiger partial charge in [0, 0.05) is 80.2 Å². The largest absolute Gasteiger partial charge is 0.477 e. The molecule has 8 heteroatoms. The van der Waals surface area contributed by atoms with E-state index in [1.165, 1.54) is 17.3 Å². The summed E-state index contributed by atoms with van der Waals surface area (Å²) in [6.45, 7) is 4.95. The summed E-state index contributed by atoms with van der Waals surface area (Å²) in [7, 11) is 0. The highest BCUT2D eigenvalue weighted by molar-refractivity contribution is 5.87. The molecule has 8 nitrogen and oxygen atoms in total. The fraction of sp³-hybridized carbons (Fsp3) is 0.258. The number of carboxylic acid groups (broad SMARTS) is 1. The van der Waals surface area contributed by atoms with E-state index in [1.54, 1.807) is 12.3 Å². The van der Waals surface area contributed by atoms with Gasteiger partial charge in [-0.05, 0) is 24.0 Å². The summed E-state index contributed by atoms with van der Waals surface area (Å²) in [6.07, 6.45) is 4.47. The van der Waals surface area contributed by atoms with Crippen molar-refractivity contribution in [2.75, 3.05) is 13.1 Å². The Kier molecular flexibility index (Phi) is 8.15. The number of carboxylic acids is 1. The molecule has 0 atom stereocenters. The Labute approximate surface area is 226 Å².